The average molecular weight is 552 g/mol. The first kappa shape index (κ1) is 27.2. The van der Waals surface area contributed by atoms with Gasteiger partial charge in [-0.2, -0.15) is 5.10 Å². The van der Waals surface area contributed by atoms with E-state index in [1.807, 2.05) is 27.0 Å². The highest BCUT2D eigenvalue weighted by molar-refractivity contribution is 6.15. The van der Waals surface area contributed by atoms with Crippen LogP contribution < -0.4 is 15.0 Å². The van der Waals surface area contributed by atoms with Gasteiger partial charge in [-0.25, -0.2) is 14.2 Å². The maximum atomic E-state index is 14.6. The standard InChI is InChI=1S/C28H34FN7O4/c1-16-12-36-13-17(10-21(29)25(36)30-16)31-26(37)19-11-22(39-7)24(20-15-33(5)32-23(19)20)35-9-8-18(14-35)34(6)27(38)40-28(2,3)4/h10-13,15,18H,8-9,14H2,1-7H3,(H,31,37)/t18-/m0/s1. The number of methoxy groups -OCH3 is 1. The van der Waals surface area contributed by atoms with Crippen molar-refractivity contribution in [3.05, 3.63) is 47.8 Å². The van der Waals surface area contributed by atoms with Gasteiger partial charge >= 0.3 is 6.09 Å². The molecule has 1 atom stereocenters. The summed E-state index contributed by atoms with van der Waals surface area (Å²) >= 11 is 0. The minimum Gasteiger partial charge on any atom is -0.495 e. The molecule has 212 valence electrons. The molecule has 2 amide bonds. The number of rotatable bonds is 5. The van der Waals surface area contributed by atoms with Crippen LogP contribution in [0.25, 0.3) is 16.6 Å². The van der Waals surface area contributed by atoms with Crippen LogP contribution >= 0.6 is 0 Å². The van der Waals surface area contributed by atoms with Gasteiger partial charge in [-0.05, 0) is 40.2 Å². The van der Waals surface area contributed by atoms with Crippen molar-refractivity contribution >= 4 is 39.9 Å². The molecule has 0 aliphatic carbocycles. The number of carbonyl (C=O) groups is 2. The number of aromatic nitrogens is 4. The van der Waals surface area contributed by atoms with E-state index in [9.17, 15) is 14.0 Å². The summed E-state index contributed by atoms with van der Waals surface area (Å²) in [6.45, 7) is 8.53. The topological polar surface area (TPSA) is 106 Å². The Morgan fingerprint density at radius 1 is 1.20 bits per heavy atom. The maximum Gasteiger partial charge on any atom is 0.410 e. The van der Waals surface area contributed by atoms with Gasteiger partial charge in [0, 0.05) is 57.2 Å². The second-order valence-electron chi connectivity index (χ2n) is 11.2. The highest BCUT2D eigenvalue weighted by atomic mass is 19.1. The molecule has 1 aromatic carbocycles. The van der Waals surface area contributed by atoms with Gasteiger partial charge < -0.3 is 29.0 Å². The fourth-order valence-electron chi connectivity index (χ4n) is 5.11. The number of halogens is 1. The summed E-state index contributed by atoms with van der Waals surface area (Å²) in [5.41, 5.74) is 2.13. The third-order valence-corrected chi connectivity index (χ3v) is 6.91. The third kappa shape index (κ3) is 5.13. The number of imidazole rings is 1. The zero-order valence-electron chi connectivity index (χ0n) is 23.8. The Balaban J connectivity index is 1.45. The molecule has 1 saturated heterocycles. The Bertz CT molecular complexity index is 1620. The molecule has 1 aliphatic heterocycles. The summed E-state index contributed by atoms with van der Waals surface area (Å²) in [4.78, 5) is 34.1. The van der Waals surface area contributed by atoms with Crippen LogP contribution in [-0.4, -0.2) is 75.0 Å². The van der Waals surface area contributed by atoms with Crippen LogP contribution in [-0.2, 0) is 11.8 Å². The van der Waals surface area contributed by atoms with E-state index >= 15 is 0 Å². The fraction of sp³-hybridized carbons (Fsp3) is 0.429. The van der Waals surface area contributed by atoms with Crippen molar-refractivity contribution in [3.8, 4) is 5.75 Å². The molecule has 40 heavy (non-hydrogen) atoms. The highest BCUT2D eigenvalue weighted by Crippen LogP contribution is 2.40. The number of nitrogens with one attached hydrogen (secondary N) is 1. The molecule has 0 radical (unpaired) electrons. The SMILES string of the molecule is COc1cc(C(=O)Nc2cc(F)c3nc(C)cn3c2)c2nn(C)cc2c1N1CC[C@H](N(C)C(=O)OC(C)(C)C)C1. The maximum absolute atomic E-state index is 14.6. The van der Waals surface area contributed by atoms with Crippen molar-refractivity contribution < 1.29 is 23.5 Å². The summed E-state index contributed by atoms with van der Waals surface area (Å²) in [6.07, 6.45) is 5.51. The molecule has 3 aromatic heterocycles. The van der Waals surface area contributed by atoms with Crippen LogP contribution in [0.1, 0.15) is 43.2 Å². The number of anilines is 2. The van der Waals surface area contributed by atoms with Crippen molar-refractivity contribution in [1.29, 1.82) is 0 Å². The van der Waals surface area contributed by atoms with Crippen LogP contribution in [0.4, 0.5) is 20.6 Å². The van der Waals surface area contributed by atoms with Crippen molar-refractivity contribution in [1.82, 2.24) is 24.1 Å². The average Bonchev–Trinajstić information content (AvgIpc) is 3.59. The number of nitrogens with zero attached hydrogens (tertiary/aromatic N) is 6. The van der Waals surface area contributed by atoms with E-state index in [4.69, 9.17) is 9.47 Å². The Morgan fingerprint density at radius 3 is 2.65 bits per heavy atom. The number of likely N-dealkylation sites (N-methyl/N-ethyl adjacent to an activating group) is 1. The lowest BCUT2D eigenvalue weighted by Crippen LogP contribution is -2.42. The molecule has 4 aromatic rings. The molecule has 1 fully saturated rings. The van der Waals surface area contributed by atoms with Gasteiger partial charge in [-0.1, -0.05) is 0 Å². The number of aryl methyl sites for hydroxylation is 2. The first-order valence-electron chi connectivity index (χ1n) is 13.1. The van der Waals surface area contributed by atoms with Crippen molar-refractivity contribution in [2.45, 2.75) is 45.8 Å². The Hall–Kier alpha value is -4.35. The van der Waals surface area contributed by atoms with Crippen LogP contribution in [0, 0.1) is 12.7 Å². The smallest absolute Gasteiger partial charge is 0.410 e. The zero-order chi connectivity index (χ0) is 28.9. The van der Waals surface area contributed by atoms with Crippen molar-refractivity contribution in [2.24, 2.45) is 7.05 Å². The number of amides is 2. The minimum atomic E-state index is -0.583. The van der Waals surface area contributed by atoms with E-state index in [1.165, 1.54) is 6.07 Å². The van der Waals surface area contributed by atoms with Gasteiger partial charge in [-0.15, -0.1) is 0 Å². The van der Waals surface area contributed by atoms with E-state index in [1.54, 1.807) is 60.6 Å². The molecule has 4 heterocycles. The number of hydrogen-bond donors (Lipinski definition) is 1. The largest absolute Gasteiger partial charge is 0.495 e. The van der Waals surface area contributed by atoms with Crippen LogP contribution in [0.5, 0.6) is 5.75 Å². The predicted octanol–water partition coefficient (Wildman–Crippen LogP) is 4.38. The molecule has 0 saturated carbocycles. The van der Waals surface area contributed by atoms with E-state index in [2.05, 4.69) is 20.3 Å². The van der Waals surface area contributed by atoms with E-state index < -0.39 is 17.3 Å². The molecule has 11 nitrogen and oxygen atoms in total. The Morgan fingerprint density at radius 2 is 1.95 bits per heavy atom. The number of fused-ring (bicyclic) bond motifs is 2. The lowest BCUT2D eigenvalue weighted by Gasteiger charge is -2.29. The van der Waals surface area contributed by atoms with E-state index in [0.717, 1.165) is 17.5 Å². The minimum absolute atomic E-state index is 0.0640. The van der Waals surface area contributed by atoms with Crippen LogP contribution in [0.2, 0.25) is 0 Å². The second-order valence-corrected chi connectivity index (χ2v) is 11.2. The van der Waals surface area contributed by atoms with Gasteiger partial charge in [0.2, 0.25) is 0 Å². The lowest BCUT2D eigenvalue weighted by molar-refractivity contribution is 0.0237. The number of carbonyl (C=O) groups excluding carboxylic acids is 2. The summed E-state index contributed by atoms with van der Waals surface area (Å²) in [6, 6.07) is 2.83. The first-order chi connectivity index (χ1) is 18.8. The predicted molar refractivity (Wildman–Crippen MR) is 150 cm³/mol. The highest BCUT2D eigenvalue weighted by Gasteiger charge is 2.34. The Labute approximate surface area is 231 Å². The van der Waals surface area contributed by atoms with Crippen LogP contribution in [0.15, 0.2) is 30.7 Å². The number of benzene rings is 1. The quantitative estimate of drug-likeness (QED) is 0.393. The Kier molecular flexibility index (Phi) is 6.80. The molecule has 1 aliphatic rings. The summed E-state index contributed by atoms with van der Waals surface area (Å²) in [5, 5.41) is 8.10. The van der Waals surface area contributed by atoms with Crippen molar-refractivity contribution in [3.63, 3.8) is 0 Å². The fourth-order valence-corrected chi connectivity index (χ4v) is 5.11. The molecule has 5 rings (SSSR count). The molecule has 1 N–H and O–H groups in total. The summed E-state index contributed by atoms with van der Waals surface area (Å²) in [7, 11) is 5.08. The molecule has 0 spiro atoms. The summed E-state index contributed by atoms with van der Waals surface area (Å²) in [5.74, 6) is -0.493. The number of hydrogen-bond acceptors (Lipinski definition) is 7. The lowest BCUT2D eigenvalue weighted by atomic mass is 10.1. The third-order valence-electron chi connectivity index (χ3n) is 6.91. The zero-order valence-corrected chi connectivity index (χ0v) is 23.8. The molecule has 0 bridgehead atoms. The molecule has 12 heteroatoms. The molecular formula is C28H34FN7O4. The number of ether oxygens (including phenoxy) is 2. The van der Waals surface area contributed by atoms with Crippen LogP contribution in [0.3, 0.4) is 0 Å². The van der Waals surface area contributed by atoms with Gasteiger partial charge in [0.05, 0.1) is 35.8 Å². The van der Waals surface area contributed by atoms with Gasteiger partial charge in [0.25, 0.3) is 5.91 Å². The van der Waals surface area contributed by atoms with Gasteiger partial charge in [0.15, 0.2) is 11.5 Å². The second kappa shape index (κ2) is 10.00. The summed E-state index contributed by atoms with van der Waals surface area (Å²) < 4.78 is 29.1. The normalized spacial score (nSPS) is 15.6. The first-order valence-corrected chi connectivity index (χ1v) is 13.1. The molecule has 0 unspecified atom stereocenters. The van der Waals surface area contributed by atoms with Gasteiger partial charge in [-0.3, -0.25) is 9.48 Å². The van der Waals surface area contributed by atoms with E-state index in [-0.39, 0.29) is 23.5 Å². The van der Waals surface area contributed by atoms with E-state index in [0.29, 0.717) is 35.6 Å². The monoisotopic (exact) mass is 551 g/mol. The number of pyridine rings is 1. The van der Waals surface area contributed by atoms with Crippen molar-refractivity contribution in [2.75, 3.05) is 37.5 Å². The molecular weight excluding hydrogens is 517 g/mol. The van der Waals surface area contributed by atoms with Gasteiger partial charge in [0.1, 0.15) is 16.9 Å².